The molecule has 0 spiro atoms. The van der Waals surface area contributed by atoms with Gasteiger partial charge in [0.2, 0.25) is 17.7 Å². The maximum atomic E-state index is 12.8. The van der Waals surface area contributed by atoms with Crippen molar-refractivity contribution < 1.29 is 24.0 Å². The second-order valence-electron chi connectivity index (χ2n) is 7.63. The summed E-state index contributed by atoms with van der Waals surface area (Å²) < 4.78 is 0. The highest BCUT2D eigenvalue weighted by atomic mass is 16.2. The predicted molar refractivity (Wildman–Crippen MR) is 113 cm³/mol. The second kappa shape index (κ2) is 15.2. The first-order valence-electron chi connectivity index (χ1n) is 10.5. The van der Waals surface area contributed by atoms with Crippen LogP contribution < -0.4 is 27.0 Å². The van der Waals surface area contributed by atoms with Gasteiger partial charge in [-0.05, 0) is 38.5 Å². The molecule has 0 aromatic heterocycles. The van der Waals surface area contributed by atoms with E-state index in [0.717, 1.165) is 0 Å². The van der Waals surface area contributed by atoms with E-state index in [1.54, 1.807) is 0 Å². The lowest BCUT2D eigenvalue weighted by Gasteiger charge is -2.25. The molecular formula is C20H37N5O5. The molecule has 0 unspecified atom stereocenters. The van der Waals surface area contributed by atoms with E-state index in [0.29, 0.717) is 38.6 Å². The van der Waals surface area contributed by atoms with Gasteiger partial charge in [-0.2, -0.15) is 0 Å². The van der Waals surface area contributed by atoms with Crippen molar-refractivity contribution in [2.45, 2.75) is 78.3 Å². The minimum absolute atomic E-state index is 0.0363. The van der Waals surface area contributed by atoms with Crippen LogP contribution in [0, 0.1) is 5.92 Å². The third-order valence-electron chi connectivity index (χ3n) is 4.35. The van der Waals surface area contributed by atoms with Crippen molar-refractivity contribution in [1.82, 2.24) is 21.3 Å². The summed E-state index contributed by atoms with van der Waals surface area (Å²) in [6.45, 7) is 7.55. The Morgan fingerprint density at radius 1 is 0.867 bits per heavy atom. The van der Waals surface area contributed by atoms with Crippen LogP contribution in [0.25, 0.3) is 0 Å². The molecule has 0 fully saturated rings. The van der Waals surface area contributed by atoms with Gasteiger partial charge in [-0.25, -0.2) is 4.79 Å². The van der Waals surface area contributed by atoms with Crippen molar-refractivity contribution in [2.75, 3.05) is 13.1 Å². The molecule has 0 aliphatic heterocycles. The summed E-state index contributed by atoms with van der Waals surface area (Å²) in [4.78, 5) is 59.1. The first-order valence-corrected chi connectivity index (χ1v) is 10.5. The topological polar surface area (TPSA) is 159 Å². The van der Waals surface area contributed by atoms with Crippen molar-refractivity contribution >= 4 is 29.5 Å². The van der Waals surface area contributed by atoms with E-state index < -0.39 is 24.0 Å². The maximum absolute atomic E-state index is 12.8. The molecule has 0 saturated carbocycles. The Balaban J connectivity index is 5.00. The zero-order chi connectivity index (χ0) is 23.1. The van der Waals surface area contributed by atoms with Gasteiger partial charge in [0.25, 0.3) is 0 Å². The molecule has 10 heteroatoms. The SMILES string of the molecule is CCCC(=O)N[C@H](C(=O)N[C@@H](CCCNC(N)=O)C(=O)NCCCC(C)=O)C(C)C. The number of hydrogen-bond donors (Lipinski definition) is 5. The third-order valence-corrected chi connectivity index (χ3v) is 4.35. The van der Waals surface area contributed by atoms with Gasteiger partial charge in [-0.15, -0.1) is 0 Å². The standard InChI is InChI=1S/C20H37N5O5/c1-5-8-16(27)25-17(13(2)3)19(29)24-15(10-7-12-23-20(21)30)18(28)22-11-6-9-14(4)26/h13,15,17H,5-12H2,1-4H3,(H,22,28)(H,24,29)(H,25,27)(H3,21,23,30)/t15-,17-/m0/s1. The molecule has 0 radical (unpaired) electrons. The molecule has 10 nitrogen and oxygen atoms in total. The highest BCUT2D eigenvalue weighted by Crippen LogP contribution is 2.06. The van der Waals surface area contributed by atoms with E-state index >= 15 is 0 Å². The van der Waals surface area contributed by atoms with E-state index in [9.17, 15) is 24.0 Å². The minimum atomic E-state index is -0.839. The van der Waals surface area contributed by atoms with Gasteiger partial charge < -0.3 is 31.8 Å². The number of carbonyl (C=O) groups excluding carboxylic acids is 5. The first kappa shape index (κ1) is 27.4. The Morgan fingerprint density at radius 2 is 1.50 bits per heavy atom. The van der Waals surface area contributed by atoms with Crippen LogP contribution in [0.15, 0.2) is 0 Å². The average Bonchev–Trinajstić information content (AvgIpc) is 2.64. The summed E-state index contributed by atoms with van der Waals surface area (Å²) >= 11 is 0. The van der Waals surface area contributed by atoms with Gasteiger partial charge >= 0.3 is 6.03 Å². The van der Waals surface area contributed by atoms with Crippen molar-refractivity contribution in [3.8, 4) is 0 Å². The highest BCUT2D eigenvalue weighted by Gasteiger charge is 2.28. The molecule has 0 bridgehead atoms. The number of nitrogens with two attached hydrogens (primary N) is 1. The smallest absolute Gasteiger partial charge is 0.312 e. The third kappa shape index (κ3) is 12.7. The van der Waals surface area contributed by atoms with Gasteiger partial charge in [-0.1, -0.05) is 20.8 Å². The van der Waals surface area contributed by atoms with Crippen LogP contribution in [-0.2, 0) is 19.2 Å². The highest BCUT2D eigenvalue weighted by molar-refractivity contribution is 5.92. The lowest BCUT2D eigenvalue weighted by Crippen LogP contribution is -2.55. The van der Waals surface area contributed by atoms with Gasteiger partial charge in [0.15, 0.2) is 0 Å². The summed E-state index contributed by atoms with van der Waals surface area (Å²) in [5.41, 5.74) is 5.03. The zero-order valence-corrected chi connectivity index (χ0v) is 18.5. The van der Waals surface area contributed by atoms with Gasteiger partial charge in [0.1, 0.15) is 17.9 Å². The second-order valence-corrected chi connectivity index (χ2v) is 7.63. The largest absolute Gasteiger partial charge is 0.354 e. The van der Waals surface area contributed by atoms with Gasteiger partial charge in [0.05, 0.1) is 0 Å². The molecule has 0 heterocycles. The molecule has 0 aromatic carbocycles. The number of carbonyl (C=O) groups is 5. The molecule has 0 aliphatic rings. The van der Waals surface area contributed by atoms with Crippen LogP contribution in [-0.4, -0.2) is 54.7 Å². The van der Waals surface area contributed by atoms with E-state index in [4.69, 9.17) is 5.73 Å². The van der Waals surface area contributed by atoms with Crippen molar-refractivity contribution in [3.05, 3.63) is 0 Å². The number of primary amides is 1. The molecule has 5 amide bonds. The van der Waals surface area contributed by atoms with Crippen LogP contribution in [0.5, 0.6) is 0 Å². The maximum Gasteiger partial charge on any atom is 0.312 e. The van der Waals surface area contributed by atoms with Crippen LogP contribution in [0.4, 0.5) is 4.79 Å². The van der Waals surface area contributed by atoms with Crippen LogP contribution in [0.2, 0.25) is 0 Å². The summed E-state index contributed by atoms with van der Waals surface area (Å²) in [5, 5.41) is 10.6. The molecule has 172 valence electrons. The quantitative estimate of drug-likeness (QED) is 0.238. The Kier molecular flexibility index (Phi) is 13.9. The Hall–Kier alpha value is -2.65. The Bertz CT molecular complexity index is 594. The van der Waals surface area contributed by atoms with Crippen molar-refractivity contribution in [2.24, 2.45) is 11.7 Å². The van der Waals surface area contributed by atoms with Crippen LogP contribution in [0.3, 0.4) is 0 Å². The summed E-state index contributed by atoms with van der Waals surface area (Å²) in [6, 6.07) is -2.27. The van der Waals surface area contributed by atoms with Crippen LogP contribution >= 0.6 is 0 Å². The van der Waals surface area contributed by atoms with Gasteiger partial charge in [-0.3, -0.25) is 14.4 Å². The zero-order valence-electron chi connectivity index (χ0n) is 18.5. The lowest BCUT2D eigenvalue weighted by atomic mass is 10.0. The number of Topliss-reactive ketones (excluding diaryl/α,β-unsaturated/α-hetero) is 1. The Morgan fingerprint density at radius 3 is 2.03 bits per heavy atom. The van der Waals surface area contributed by atoms with E-state index in [1.807, 2.05) is 20.8 Å². The van der Waals surface area contributed by atoms with E-state index in [2.05, 4.69) is 21.3 Å². The summed E-state index contributed by atoms with van der Waals surface area (Å²) in [6.07, 6.45) is 2.54. The number of rotatable bonds is 15. The predicted octanol–water partition coefficient (Wildman–Crippen LogP) is 0.346. The fraction of sp³-hybridized carbons (Fsp3) is 0.750. The fourth-order valence-corrected chi connectivity index (χ4v) is 2.73. The fourth-order valence-electron chi connectivity index (χ4n) is 2.73. The number of nitrogens with one attached hydrogen (secondary N) is 4. The summed E-state index contributed by atoms with van der Waals surface area (Å²) in [5.74, 6) is -1.17. The van der Waals surface area contributed by atoms with Crippen molar-refractivity contribution in [1.29, 1.82) is 0 Å². The molecule has 30 heavy (non-hydrogen) atoms. The van der Waals surface area contributed by atoms with Crippen LogP contribution in [0.1, 0.15) is 66.2 Å². The number of hydrogen-bond acceptors (Lipinski definition) is 5. The molecule has 0 aromatic rings. The molecular weight excluding hydrogens is 390 g/mol. The monoisotopic (exact) mass is 427 g/mol. The van der Waals surface area contributed by atoms with E-state index in [-0.39, 0.29) is 36.5 Å². The average molecular weight is 428 g/mol. The number of ketones is 1. The van der Waals surface area contributed by atoms with Crippen molar-refractivity contribution in [3.63, 3.8) is 0 Å². The molecule has 0 saturated heterocycles. The molecule has 6 N–H and O–H groups in total. The normalized spacial score (nSPS) is 12.6. The number of urea groups is 1. The minimum Gasteiger partial charge on any atom is -0.354 e. The summed E-state index contributed by atoms with van der Waals surface area (Å²) in [7, 11) is 0. The van der Waals surface area contributed by atoms with E-state index in [1.165, 1.54) is 6.92 Å². The van der Waals surface area contributed by atoms with Gasteiger partial charge in [0, 0.05) is 25.9 Å². The molecule has 0 rings (SSSR count). The Labute approximate surface area is 178 Å². The lowest BCUT2D eigenvalue weighted by molar-refractivity contribution is -0.133. The molecule has 2 atom stereocenters. The molecule has 0 aliphatic carbocycles. The first-order chi connectivity index (χ1) is 14.1. The number of amides is 5.